The van der Waals surface area contributed by atoms with Crippen molar-refractivity contribution in [3.05, 3.63) is 53.6 Å². The van der Waals surface area contributed by atoms with Gasteiger partial charge < -0.3 is 10.1 Å². The molecule has 4 rings (SSSR count). The summed E-state index contributed by atoms with van der Waals surface area (Å²) in [4.78, 5) is 50.8. The number of methoxy groups -OCH3 is 1. The van der Waals surface area contributed by atoms with Gasteiger partial charge in [-0.2, -0.15) is 0 Å². The molecule has 2 aliphatic rings. The van der Waals surface area contributed by atoms with E-state index in [-0.39, 0.29) is 42.0 Å². The lowest BCUT2D eigenvalue weighted by Crippen LogP contribution is -2.47. The highest BCUT2D eigenvalue weighted by atomic mass is 16.5. The van der Waals surface area contributed by atoms with Crippen LogP contribution >= 0.6 is 0 Å². The van der Waals surface area contributed by atoms with Gasteiger partial charge in [0.1, 0.15) is 11.5 Å². The van der Waals surface area contributed by atoms with E-state index in [2.05, 4.69) is 5.32 Å². The molecule has 1 aliphatic carbocycles. The van der Waals surface area contributed by atoms with Gasteiger partial charge in [-0.1, -0.05) is 18.2 Å². The Morgan fingerprint density at radius 3 is 2.46 bits per heavy atom. The van der Waals surface area contributed by atoms with Crippen LogP contribution in [0, 0.1) is 0 Å². The normalized spacial score (nSPS) is 19.0. The predicted molar refractivity (Wildman–Crippen MR) is 101 cm³/mol. The standard InChI is InChI=1S/C21H18N2O5/c1-28-18-8-3-2-6-14(18)22-15-7-4-5-13-19(15)21(27)23(20(13)26)16-10-9-12(24)11-17(16)25/h2-8,16,22H,9-11H2,1H3. The molecule has 0 spiro atoms. The summed E-state index contributed by atoms with van der Waals surface area (Å²) in [6.07, 6.45) is 0.138. The number of carbonyl (C=O) groups is 4. The maximum Gasteiger partial charge on any atom is 0.264 e. The number of nitrogens with zero attached hydrogens (tertiary/aromatic N) is 1. The number of carbonyl (C=O) groups excluding carboxylic acids is 4. The van der Waals surface area contributed by atoms with Crippen LogP contribution in [0.1, 0.15) is 40.0 Å². The van der Waals surface area contributed by atoms with Crippen LogP contribution in [0.25, 0.3) is 0 Å². The second kappa shape index (κ2) is 6.92. The topological polar surface area (TPSA) is 92.8 Å². The average molecular weight is 378 g/mol. The molecule has 0 saturated heterocycles. The van der Waals surface area contributed by atoms with E-state index < -0.39 is 17.9 Å². The van der Waals surface area contributed by atoms with Crippen LogP contribution in [0.15, 0.2) is 42.5 Å². The number of para-hydroxylation sites is 2. The van der Waals surface area contributed by atoms with Gasteiger partial charge in [-0.25, -0.2) is 0 Å². The fourth-order valence-corrected chi connectivity index (χ4v) is 3.72. The molecule has 2 amide bonds. The molecule has 2 aromatic carbocycles. The summed E-state index contributed by atoms with van der Waals surface area (Å²) in [7, 11) is 1.54. The van der Waals surface area contributed by atoms with Crippen LogP contribution in [-0.2, 0) is 9.59 Å². The van der Waals surface area contributed by atoms with E-state index in [1.54, 1.807) is 37.4 Å². The van der Waals surface area contributed by atoms with Crippen molar-refractivity contribution in [2.75, 3.05) is 12.4 Å². The van der Waals surface area contributed by atoms with E-state index in [4.69, 9.17) is 4.74 Å². The molecule has 1 heterocycles. The molecular weight excluding hydrogens is 360 g/mol. The van der Waals surface area contributed by atoms with Crippen molar-refractivity contribution in [2.45, 2.75) is 25.3 Å². The van der Waals surface area contributed by atoms with Gasteiger partial charge in [0.15, 0.2) is 5.78 Å². The van der Waals surface area contributed by atoms with Gasteiger partial charge in [-0.3, -0.25) is 24.1 Å². The summed E-state index contributed by atoms with van der Waals surface area (Å²) >= 11 is 0. The number of Topliss-reactive ketones (excluding diaryl/α,β-unsaturated/α-hetero) is 2. The van der Waals surface area contributed by atoms with Crippen LogP contribution in [0.3, 0.4) is 0 Å². The molecule has 0 aromatic heterocycles. The van der Waals surface area contributed by atoms with Crippen LogP contribution < -0.4 is 10.1 Å². The Bertz CT molecular complexity index is 1010. The smallest absolute Gasteiger partial charge is 0.264 e. The van der Waals surface area contributed by atoms with Gasteiger partial charge in [0, 0.05) is 6.42 Å². The Balaban J connectivity index is 1.70. The van der Waals surface area contributed by atoms with E-state index in [1.807, 2.05) is 12.1 Å². The molecule has 28 heavy (non-hydrogen) atoms. The third kappa shape index (κ3) is 2.85. The first-order valence-corrected chi connectivity index (χ1v) is 8.96. The first kappa shape index (κ1) is 17.9. The van der Waals surface area contributed by atoms with Crippen molar-refractivity contribution in [2.24, 2.45) is 0 Å². The monoisotopic (exact) mass is 378 g/mol. The van der Waals surface area contributed by atoms with E-state index in [0.717, 1.165) is 4.90 Å². The number of ether oxygens (including phenoxy) is 1. The number of ketones is 2. The number of benzene rings is 2. The highest BCUT2D eigenvalue weighted by Gasteiger charge is 2.45. The zero-order valence-electron chi connectivity index (χ0n) is 15.2. The van der Waals surface area contributed by atoms with E-state index >= 15 is 0 Å². The van der Waals surface area contributed by atoms with Gasteiger partial charge in [0.05, 0.1) is 42.1 Å². The number of anilines is 2. The highest BCUT2D eigenvalue weighted by molar-refractivity contribution is 6.26. The van der Waals surface area contributed by atoms with E-state index in [0.29, 0.717) is 17.1 Å². The van der Waals surface area contributed by atoms with Gasteiger partial charge in [0.2, 0.25) is 0 Å². The minimum absolute atomic E-state index is 0.156. The number of rotatable bonds is 4. The van der Waals surface area contributed by atoms with Gasteiger partial charge in [-0.15, -0.1) is 0 Å². The number of amides is 2. The molecule has 7 nitrogen and oxygen atoms in total. The van der Waals surface area contributed by atoms with E-state index in [1.165, 1.54) is 0 Å². The summed E-state index contributed by atoms with van der Waals surface area (Å²) in [6, 6.07) is 11.3. The molecule has 1 saturated carbocycles. The highest BCUT2D eigenvalue weighted by Crippen LogP contribution is 2.36. The Kier molecular flexibility index (Phi) is 4.43. The lowest BCUT2D eigenvalue weighted by molar-refractivity contribution is -0.132. The van der Waals surface area contributed by atoms with Crippen molar-refractivity contribution in [1.29, 1.82) is 0 Å². The van der Waals surface area contributed by atoms with Crippen LogP contribution in [0.5, 0.6) is 5.75 Å². The van der Waals surface area contributed by atoms with Crippen molar-refractivity contribution in [1.82, 2.24) is 4.90 Å². The lowest BCUT2D eigenvalue weighted by atomic mass is 9.92. The molecule has 1 atom stereocenters. The molecular formula is C21H18N2O5. The zero-order chi connectivity index (χ0) is 19.8. The van der Waals surface area contributed by atoms with Gasteiger partial charge >= 0.3 is 0 Å². The van der Waals surface area contributed by atoms with Crippen LogP contribution in [-0.4, -0.2) is 41.4 Å². The third-order valence-electron chi connectivity index (χ3n) is 5.07. The van der Waals surface area contributed by atoms with Gasteiger partial charge in [0.25, 0.3) is 11.8 Å². The SMILES string of the molecule is COc1ccccc1Nc1cccc2c1C(=O)N(C1CCC(=O)CC1=O)C2=O. The summed E-state index contributed by atoms with van der Waals surface area (Å²) < 4.78 is 5.32. The Hall–Kier alpha value is -3.48. The minimum Gasteiger partial charge on any atom is -0.495 e. The Labute approximate surface area is 161 Å². The maximum atomic E-state index is 13.1. The van der Waals surface area contributed by atoms with E-state index in [9.17, 15) is 19.2 Å². The molecule has 1 fully saturated rings. The number of fused-ring (bicyclic) bond motifs is 1. The zero-order valence-corrected chi connectivity index (χ0v) is 15.2. The van der Waals surface area contributed by atoms with Crippen molar-refractivity contribution in [3.63, 3.8) is 0 Å². The summed E-state index contributed by atoms with van der Waals surface area (Å²) in [5.41, 5.74) is 1.58. The second-order valence-corrected chi connectivity index (χ2v) is 6.77. The third-order valence-corrected chi connectivity index (χ3v) is 5.07. The first-order valence-electron chi connectivity index (χ1n) is 8.96. The number of imide groups is 1. The Morgan fingerprint density at radius 1 is 0.964 bits per heavy atom. The predicted octanol–water partition coefficient (Wildman–Crippen LogP) is 2.73. The summed E-state index contributed by atoms with van der Waals surface area (Å²) in [5, 5.41) is 3.15. The fourth-order valence-electron chi connectivity index (χ4n) is 3.72. The molecule has 142 valence electrons. The quantitative estimate of drug-likeness (QED) is 0.650. The maximum absolute atomic E-state index is 13.1. The molecule has 2 aromatic rings. The molecule has 1 unspecified atom stereocenters. The summed E-state index contributed by atoms with van der Waals surface area (Å²) in [6.45, 7) is 0. The van der Waals surface area contributed by atoms with Crippen molar-refractivity contribution >= 4 is 34.8 Å². The van der Waals surface area contributed by atoms with Crippen molar-refractivity contribution in [3.8, 4) is 5.75 Å². The summed E-state index contributed by atoms with van der Waals surface area (Å²) in [5.74, 6) is -0.974. The lowest BCUT2D eigenvalue weighted by Gasteiger charge is -2.27. The Morgan fingerprint density at radius 2 is 1.71 bits per heavy atom. The average Bonchev–Trinajstić information content (AvgIpc) is 2.94. The molecule has 0 radical (unpaired) electrons. The second-order valence-electron chi connectivity index (χ2n) is 6.77. The largest absolute Gasteiger partial charge is 0.495 e. The number of hydrogen-bond donors (Lipinski definition) is 1. The number of hydrogen-bond acceptors (Lipinski definition) is 6. The first-order chi connectivity index (χ1) is 13.5. The molecule has 0 bridgehead atoms. The molecule has 1 N–H and O–H groups in total. The van der Waals surface area contributed by atoms with Gasteiger partial charge in [-0.05, 0) is 30.7 Å². The molecule has 7 heteroatoms. The molecule has 1 aliphatic heterocycles. The van der Waals surface area contributed by atoms with Crippen LogP contribution in [0.4, 0.5) is 11.4 Å². The number of nitrogens with one attached hydrogen (secondary N) is 1. The van der Waals surface area contributed by atoms with Crippen LogP contribution in [0.2, 0.25) is 0 Å². The fraction of sp³-hybridized carbons (Fsp3) is 0.238. The van der Waals surface area contributed by atoms with Crippen molar-refractivity contribution < 1.29 is 23.9 Å². The minimum atomic E-state index is -0.885.